The van der Waals surface area contributed by atoms with Gasteiger partial charge in [-0.1, -0.05) is 404 Å². The summed E-state index contributed by atoms with van der Waals surface area (Å²) in [5.41, 5.74) is 32.7. The van der Waals surface area contributed by atoms with Crippen LogP contribution in [0.1, 0.15) is 52.0 Å². The third-order valence-electron chi connectivity index (χ3n) is 18.9. The molecule has 0 aliphatic heterocycles. The Kier molecular flexibility index (Phi) is 26.1. The molecule has 520 valence electrons. The Balaban J connectivity index is 0.000000149. The maximum Gasteiger partial charge on any atom is -0.00988 e. The fraction of sp³-hybridized carbons (Fsp3) is 0.0755. The average Bonchev–Trinajstić information content (AvgIpc) is 0.779. The summed E-state index contributed by atoms with van der Waals surface area (Å²) in [5.74, 6) is 0. The molecule has 106 heavy (non-hydrogen) atoms. The van der Waals surface area contributed by atoms with Crippen LogP contribution in [0, 0.1) is 27.7 Å². The van der Waals surface area contributed by atoms with Crippen LogP contribution in [0.15, 0.2) is 413 Å². The van der Waals surface area contributed by atoms with Crippen molar-refractivity contribution in [2.75, 3.05) is 0 Å². The second-order valence-corrected chi connectivity index (χ2v) is 26.3. The third kappa shape index (κ3) is 18.7. The molecule has 17 rings (SSSR count). The van der Waals surface area contributed by atoms with Crippen LogP contribution >= 0.6 is 0 Å². The molecule has 0 fully saturated rings. The summed E-state index contributed by atoms with van der Waals surface area (Å²) < 4.78 is 0. The van der Waals surface area contributed by atoms with Gasteiger partial charge in [0.1, 0.15) is 0 Å². The van der Waals surface area contributed by atoms with E-state index >= 15 is 0 Å². The summed E-state index contributed by atoms with van der Waals surface area (Å²) in [5, 5.41) is 5.21. The first-order valence-corrected chi connectivity index (χ1v) is 35.2. The van der Waals surface area contributed by atoms with Crippen molar-refractivity contribution in [3.05, 3.63) is 435 Å². The Morgan fingerprint density at radius 3 is 0.689 bits per heavy atom. The highest BCUT2D eigenvalue weighted by atomic mass is 14.2. The van der Waals surface area contributed by atoms with E-state index in [1.54, 1.807) is 0 Å². The first-order valence-electron chi connectivity index (χ1n) is 35.2. The molecule has 0 aromatic heterocycles. The van der Waals surface area contributed by atoms with Crippen molar-refractivity contribution in [1.29, 1.82) is 0 Å². The van der Waals surface area contributed by atoms with Crippen molar-refractivity contribution < 1.29 is 0 Å². The molecule has 0 bridgehead atoms. The molecule has 0 aliphatic rings. The molecule has 0 saturated heterocycles. The molecule has 0 amide bonds. The molecule has 0 N–H and O–H groups in total. The molecule has 17 aromatic rings. The lowest BCUT2D eigenvalue weighted by Crippen LogP contribution is -1.86. The quantitative estimate of drug-likeness (QED) is 0.113. The summed E-state index contributed by atoms with van der Waals surface area (Å²) in [6.07, 6.45) is 0. The van der Waals surface area contributed by atoms with Gasteiger partial charge in [0.05, 0.1) is 0 Å². The van der Waals surface area contributed by atoms with E-state index in [1.165, 1.54) is 166 Å². The zero-order valence-corrected chi connectivity index (χ0v) is 58.3. The van der Waals surface area contributed by atoms with E-state index in [4.69, 9.17) is 0 Å². The number of benzene rings is 17. The fourth-order valence-corrected chi connectivity index (χ4v) is 13.4. The van der Waals surface area contributed by atoms with Crippen LogP contribution in [0.25, 0.3) is 144 Å². The van der Waals surface area contributed by atoms with Gasteiger partial charge >= 0.3 is 0 Å². The SMILES string of the molecule is C.C.C.C.Cc1ccc(-c2cc(-c3ccccc3)cc(-c3ccccc3)c2)cc1.Cc1ccc(-c2cccc(-c3cc4ccccc4c4ccccc34)c2)cc1.Cc1ccc(-c2cccc(-c3cccc(-c4ccccc4)c3)c2)cc1.Cc1cccc(-c2cc(-c3ccccc3)cc(-c3ccccc3)c2)c1. The van der Waals surface area contributed by atoms with Crippen LogP contribution < -0.4 is 0 Å². The predicted molar refractivity (Wildman–Crippen MR) is 466 cm³/mol. The summed E-state index contributed by atoms with van der Waals surface area (Å²) in [7, 11) is 0. The van der Waals surface area contributed by atoms with Gasteiger partial charge in [-0.3, -0.25) is 0 Å². The molecule has 0 nitrogen and oxygen atoms in total. The zero-order chi connectivity index (χ0) is 69.4. The van der Waals surface area contributed by atoms with Gasteiger partial charge in [0, 0.05) is 0 Å². The highest BCUT2D eigenvalue weighted by Gasteiger charge is 2.13. The Bertz CT molecular complexity index is 5480. The van der Waals surface area contributed by atoms with Crippen molar-refractivity contribution >= 4 is 21.5 Å². The van der Waals surface area contributed by atoms with Gasteiger partial charge < -0.3 is 0 Å². The summed E-state index contributed by atoms with van der Waals surface area (Å²) >= 11 is 0. The number of fused-ring (bicyclic) bond motifs is 3. The maximum absolute atomic E-state index is 2.33. The first-order chi connectivity index (χ1) is 50.2. The Hall–Kier alpha value is -12.7. The zero-order valence-electron chi connectivity index (χ0n) is 58.3. The lowest BCUT2D eigenvalue weighted by molar-refractivity contribution is 1.46. The van der Waals surface area contributed by atoms with E-state index in [-0.39, 0.29) is 29.7 Å². The second kappa shape index (κ2) is 36.4. The van der Waals surface area contributed by atoms with Crippen molar-refractivity contribution in [1.82, 2.24) is 0 Å². The van der Waals surface area contributed by atoms with Crippen molar-refractivity contribution in [3.63, 3.8) is 0 Å². The van der Waals surface area contributed by atoms with Gasteiger partial charge in [0.15, 0.2) is 0 Å². The number of hydrogen-bond acceptors (Lipinski definition) is 0. The molecule has 0 radical (unpaired) electrons. The largest absolute Gasteiger partial charge is 0.0776 e. The smallest absolute Gasteiger partial charge is 0.00988 e. The van der Waals surface area contributed by atoms with E-state index in [9.17, 15) is 0 Å². The van der Waals surface area contributed by atoms with E-state index in [0.29, 0.717) is 0 Å². The summed E-state index contributed by atoms with van der Waals surface area (Å²) in [6.45, 7) is 8.51. The minimum Gasteiger partial charge on any atom is -0.0776 e. The summed E-state index contributed by atoms with van der Waals surface area (Å²) in [6, 6.07) is 148. The monoisotopic (exact) mass is 1370 g/mol. The van der Waals surface area contributed by atoms with E-state index in [1.807, 2.05) is 0 Å². The molecule has 0 aliphatic carbocycles. The van der Waals surface area contributed by atoms with Crippen LogP contribution in [0.2, 0.25) is 0 Å². The number of aryl methyl sites for hydroxylation is 4. The molecule has 17 aromatic carbocycles. The van der Waals surface area contributed by atoms with Gasteiger partial charge in [0.25, 0.3) is 0 Å². The van der Waals surface area contributed by atoms with Gasteiger partial charge in [-0.2, -0.15) is 0 Å². The van der Waals surface area contributed by atoms with E-state index in [2.05, 4.69) is 440 Å². The second-order valence-electron chi connectivity index (χ2n) is 26.3. The van der Waals surface area contributed by atoms with Gasteiger partial charge in [-0.25, -0.2) is 0 Å². The fourth-order valence-electron chi connectivity index (χ4n) is 13.4. The molecule has 0 heteroatoms. The molecule has 0 unspecified atom stereocenters. The first kappa shape index (κ1) is 75.9. The standard InChI is InChI=1S/C27H20.3C25H20.4CH4/c1-19-13-15-20(16-14-19)21-8-6-9-22(17-21)27-18-23-7-2-3-10-24(23)25-11-4-5-12-26(25)27;1-19-9-8-14-22(15-19)25-17-23(20-10-4-2-5-11-20)16-24(18-25)21-12-6-3-7-13-21;1-19-12-14-22(15-13-19)25-17-23(20-8-4-2-5-9-20)16-24(18-25)21-10-6-3-7-11-21;1-19-13-15-21(16-14-19)23-10-6-12-25(18-23)24-11-5-9-22(17-24)20-7-3-2-4-8-20;;;;/h2-18H,1H3;3*2-18H,1H3;4*1H4. The van der Waals surface area contributed by atoms with Crippen LogP contribution in [-0.2, 0) is 0 Å². The van der Waals surface area contributed by atoms with Gasteiger partial charge in [-0.05, 0) is 232 Å². The molecular weight excluding hydrogens is 1270 g/mol. The van der Waals surface area contributed by atoms with E-state index < -0.39 is 0 Å². The average molecular weight is 1370 g/mol. The highest BCUT2D eigenvalue weighted by molar-refractivity contribution is 6.14. The molecular formula is C106H96. The van der Waals surface area contributed by atoms with Crippen molar-refractivity contribution in [3.8, 4) is 122 Å². The van der Waals surface area contributed by atoms with E-state index in [0.717, 1.165) is 0 Å². The van der Waals surface area contributed by atoms with Crippen LogP contribution in [0.3, 0.4) is 0 Å². The number of rotatable bonds is 11. The Morgan fingerprint density at radius 2 is 0.340 bits per heavy atom. The van der Waals surface area contributed by atoms with Gasteiger partial charge in [-0.15, -0.1) is 0 Å². The lowest BCUT2D eigenvalue weighted by atomic mass is 9.92. The molecule has 0 spiro atoms. The minimum atomic E-state index is 0. The molecule has 0 heterocycles. The van der Waals surface area contributed by atoms with Crippen LogP contribution in [0.5, 0.6) is 0 Å². The molecule has 0 saturated carbocycles. The lowest BCUT2D eigenvalue weighted by Gasteiger charge is -2.12. The molecule has 0 atom stereocenters. The van der Waals surface area contributed by atoms with Gasteiger partial charge in [0.2, 0.25) is 0 Å². The maximum atomic E-state index is 2.33. The minimum absolute atomic E-state index is 0. The number of hydrogen-bond donors (Lipinski definition) is 0. The normalized spacial score (nSPS) is 10.3. The van der Waals surface area contributed by atoms with Crippen molar-refractivity contribution in [2.24, 2.45) is 0 Å². The predicted octanol–water partition coefficient (Wildman–Crippen LogP) is 31.2. The van der Waals surface area contributed by atoms with Crippen LogP contribution in [0.4, 0.5) is 0 Å². The summed E-state index contributed by atoms with van der Waals surface area (Å²) in [4.78, 5) is 0. The third-order valence-corrected chi connectivity index (χ3v) is 18.9. The Morgan fingerprint density at radius 1 is 0.123 bits per heavy atom. The van der Waals surface area contributed by atoms with Crippen LogP contribution in [-0.4, -0.2) is 0 Å². The topological polar surface area (TPSA) is 0 Å². The van der Waals surface area contributed by atoms with Crippen molar-refractivity contribution in [2.45, 2.75) is 57.4 Å². The highest BCUT2D eigenvalue weighted by Crippen LogP contribution is 2.39. The Labute approximate surface area is 632 Å².